The zero-order valence-corrected chi connectivity index (χ0v) is 16.8. The zero-order chi connectivity index (χ0) is 18.8. The van der Waals surface area contributed by atoms with E-state index in [1.807, 2.05) is 18.2 Å². The molecule has 1 aliphatic heterocycles. The molecule has 0 bridgehead atoms. The molecule has 0 saturated heterocycles. The molecule has 1 aliphatic rings. The Morgan fingerprint density at radius 2 is 2.11 bits per heavy atom. The van der Waals surface area contributed by atoms with E-state index < -0.39 is 6.10 Å². The van der Waals surface area contributed by atoms with Gasteiger partial charge in [-0.2, -0.15) is 16.8 Å². The average molecular weight is 401 g/mol. The molecule has 27 heavy (non-hydrogen) atoms. The van der Waals surface area contributed by atoms with Crippen molar-refractivity contribution in [2.45, 2.75) is 19.6 Å². The van der Waals surface area contributed by atoms with E-state index in [9.17, 15) is 4.79 Å². The van der Waals surface area contributed by atoms with Crippen LogP contribution >= 0.6 is 23.1 Å². The summed E-state index contributed by atoms with van der Waals surface area (Å²) in [6, 6.07) is 13.7. The number of aromatic nitrogens is 1. The summed E-state index contributed by atoms with van der Waals surface area (Å²) in [6.45, 7) is 3.05. The van der Waals surface area contributed by atoms with Crippen LogP contribution in [0.5, 0.6) is 11.5 Å². The molecular formula is C20H20N2O3S2. The van der Waals surface area contributed by atoms with Gasteiger partial charge in [0.1, 0.15) is 6.61 Å². The van der Waals surface area contributed by atoms with E-state index in [2.05, 4.69) is 40.9 Å². The number of hydrogen-bond acceptors (Lipinski definition) is 5. The van der Waals surface area contributed by atoms with Gasteiger partial charge in [0.05, 0.1) is 10.2 Å². The van der Waals surface area contributed by atoms with Crippen LogP contribution < -0.4 is 14.3 Å². The van der Waals surface area contributed by atoms with E-state index in [1.54, 1.807) is 17.8 Å². The van der Waals surface area contributed by atoms with Gasteiger partial charge < -0.3 is 14.0 Å². The van der Waals surface area contributed by atoms with Crippen molar-refractivity contribution in [1.82, 2.24) is 4.57 Å². The number of aryl methyl sites for hydroxylation is 2. The van der Waals surface area contributed by atoms with Gasteiger partial charge >= 0.3 is 0 Å². The van der Waals surface area contributed by atoms with Gasteiger partial charge in [0, 0.05) is 12.3 Å². The summed E-state index contributed by atoms with van der Waals surface area (Å²) in [5.41, 5.74) is 2.30. The third-order valence-electron chi connectivity index (χ3n) is 4.35. The molecular weight excluding hydrogens is 380 g/mol. The minimum absolute atomic E-state index is 0.175. The molecule has 1 amide bonds. The van der Waals surface area contributed by atoms with E-state index in [1.165, 1.54) is 16.9 Å². The largest absolute Gasteiger partial charge is 0.485 e. The van der Waals surface area contributed by atoms with Gasteiger partial charge in [-0.1, -0.05) is 29.5 Å². The number of amides is 1. The molecule has 5 nitrogen and oxygen atoms in total. The molecule has 0 spiro atoms. The third kappa shape index (κ3) is 3.75. The second kappa shape index (κ2) is 7.78. The molecule has 2 aromatic carbocycles. The van der Waals surface area contributed by atoms with Gasteiger partial charge in [-0.25, -0.2) is 0 Å². The summed E-state index contributed by atoms with van der Waals surface area (Å²) in [5.74, 6) is 1.89. The summed E-state index contributed by atoms with van der Waals surface area (Å²) >= 11 is 3.31. The van der Waals surface area contributed by atoms with E-state index in [4.69, 9.17) is 9.47 Å². The molecule has 1 aromatic heterocycles. The first-order valence-electron chi connectivity index (χ1n) is 8.71. The lowest BCUT2D eigenvalue weighted by atomic mass is 10.2. The van der Waals surface area contributed by atoms with Crippen molar-refractivity contribution < 1.29 is 14.3 Å². The standard InChI is InChI=1S/C20H20N2O3S2/c1-13-7-8-14-18(11-13)27-20(22(14)9-10-26-2)21-19(23)17-12-24-15-5-3-4-6-16(15)25-17/h3-8,11,17H,9-10,12H2,1-2H3. The first-order chi connectivity index (χ1) is 13.2. The van der Waals surface area contributed by atoms with Crippen molar-refractivity contribution in [2.24, 2.45) is 4.99 Å². The normalized spacial score (nSPS) is 16.7. The zero-order valence-electron chi connectivity index (χ0n) is 15.2. The van der Waals surface area contributed by atoms with Gasteiger partial charge in [0.15, 0.2) is 16.3 Å². The topological polar surface area (TPSA) is 52.8 Å². The van der Waals surface area contributed by atoms with Crippen LogP contribution in [0.3, 0.4) is 0 Å². The highest BCUT2D eigenvalue weighted by Gasteiger charge is 2.27. The molecule has 2 heterocycles. The molecule has 4 rings (SSSR count). The molecule has 7 heteroatoms. The molecule has 0 aliphatic carbocycles. The highest BCUT2D eigenvalue weighted by atomic mass is 32.2. The smallest absolute Gasteiger partial charge is 0.292 e. The molecule has 1 atom stereocenters. The molecule has 0 fully saturated rings. The first kappa shape index (κ1) is 18.1. The number of hydrogen-bond donors (Lipinski definition) is 0. The number of para-hydroxylation sites is 2. The van der Waals surface area contributed by atoms with Crippen molar-refractivity contribution in [3.63, 3.8) is 0 Å². The fraction of sp³-hybridized carbons (Fsp3) is 0.300. The average Bonchev–Trinajstić information content (AvgIpc) is 3.01. The minimum atomic E-state index is -0.721. The number of nitrogens with zero attached hydrogens (tertiary/aromatic N) is 2. The van der Waals surface area contributed by atoms with E-state index in [0.29, 0.717) is 16.3 Å². The lowest BCUT2D eigenvalue weighted by Crippen LogP contribution is -2.36. The Morgan fingerprint density at radius 3 is 2.93 bits per heavy atom. The number of fused-ring (bicyclic) bond motifs is 2. The third-order valence-corrected chi connectivity index (χ3v) is 5.98. The fourth-order valence-electron chi connectivity index (χ4n) is 2.97. The lowest BCUT2D eigenvalue weighted by Gasteiger charge is -2.23. The van der Waals surface area contributed by atoms with Crippen LogP contribution in [0.2, 0.25) is 0 Å². The number of benzene rings is 2. The number of carbonyl (C=O) groups is 1. The van der Waals surface area contributed by atoms with Gasteiger partial charge in [0.25, 0.3) is 5.91 Å². The lowest BCUT2D eigenvalue weighted by molar-refractivity contribution is -0.127. The SMILES string of the molecule is CSCCn1c(=NC(=O)C2COc3ccccc3O2)sc2cc(C)ccc21. The maximum Gasteiger partial charge on any atom is 0.292 e. The van der Waals surface area contributed by atoms with Gasteiger partial charge in [-0.05, 0) is 43.0 Å². The van der Waals surface area contributed by atoms with Crippen LogP contribution in [-0.4, -0.2) is 35.2 Å². The summed E-state index contributed by atoms with van der Waals surface area (Å²) in [7, 11) is 0. The maximum atomic E-state index is 12.8. The molecule has 1 unspecified atom stereocenters. The molecule has 0 saturated carbocycles. The Hall–Kier alpha value is -2.25. The first-order valence-corrected chi connectivity index (χ1v) is 10.9. The Bertz CT molecular complexity index is 1050. The van der Waals surface area contributed by atoms with Crippen molar-refractivity contribution >= 4 is 39.2 Å². The summed E-state index contributed by atoms with van der Waals surface area (Å²) < 4.78 is 14.7. The Morgan fingerprint density at radius 1 is 1.30 bits per heavy atom. The van der Waals surface area contributed by atoms with Crippen LogP contribution in [0, 0.1) is 6.92 Å². The molecule has 0 radical (unpaired) electrons. The summed E-state index contributed by atoms with van der Waals surface area (Å²) in [5, 5.41) is 0. The molecule has 3 aromatic rings. The number of carbonyl (C=O) groups excluding carboxylic acids is 1. The number of thioether (sulfide) groups is 1. The van der Waals surface area contributed by atoms with Crippen molar-refractivity contribution in [1.29, 1.82) is 0 Å². The number of ether oxygens (including phenoxy) is 2. The van der Waals surface area contributed by atoms with Crippen LogP contribution in [0.25, 0.3) is 10.2 Å². The van der Waals surface area contributed by atoms with E-state index in [0.717, 1.165) is 22.5 Å². The van der Waals surface area contributed by atoms with Crippen LogP contribution in [-0.2, 0) is 11.3 Å². The summed E-state index contributed by atoms with van der Waals surface area (Å²) in [4.78, 5) is 17.9. The van der Waals surface area contributed by atoms with Gasteiger partial charge in [-0.3, -0.25) is 4.79 Å². The van der Waals surface area contributed by atoms with Gasteiger partial charge in [0.2, 0.25) is 6.10 Å². The van der Waals surface area contributed by atoms with Crippen LogP contribution in [0.1, 0.15) is 5.56 Å². The van der Waals surface area contributed by atoms with Crippen molar-refractivity contribution in [3.05, 3.63) is 52.8 Å². The second-order valence-corrected chi connectivity index (χ2v) is 8.31. The maximum absolute atomic E-state index is 12.8. The second-order valence-electron chi connectivity index (χ2n) is 6.31. The van der Waals surface area contributed by atoms with Crippen molar-refractivity contribution in [3.8, 4) is 11.5 Å². The van der Waals surface area contributed by atoms with Crippen LogP contribution in [0.4, 0.5) is 0 Å². The quantitative estimate of drug-likeness (QED) is 0.671. The monoisotopic (exact) mass is 400 g/mol. The highest BCUT2D eigenvalue weighted by molar-refractivity contribution is 7.98. The molecule has 140 valence electrons. The van der Waals surface area contributed by atoms with Gasteiger partial charge in [-0.15, -0.1) is 0 Å². The van der Waals surface area contributed by atoms with E-state index >= 15 is 0 Å². The minimum Gasteiger partial charge on any atom is -0.485 e. The Kier molecular flexibility index (Phi) is 5.22. The fourth-order valence-corrected chi connectivity index (χ4v) is 4.50. The predicted molar refractivity (Wildman–Crippen MR) is 110 cm³/mol. The summed E-state index contributed by atoms with van der Waals surface area (Å²) in [6.07, 6.45) is 1.35. The predicted octanol–water partition coefficient (Wildman–Crippen LogP) is 3.64. The molecule has 0 N–H and O–H groups in total. The van der Waals surface area contributed by atoms with Crippen molar-refractivity contribution in [2.75, 3.05) is 18.6 Å². The number of thiazole rings is 1. The highest BCUT2D eigenvalue weighted by Crippen LogP contribution is 2.31. The Balaban J connectivity index is 1.68. The van der Waals surface area contributed by atoms with Crippen LogP contribution in [0.15, 0.2) is 47.5 Å². The Labute approximate surface area is 165 Å². The number of rotatable bonds is 4. The van der Waals surface area contributed by atoms with E-state index in [-0.39, 0.29) is 12.5 Å².